The molecule has 2 heterocycles. The number of thiophene rings is 1. The van der Waals surface area contributed by atoms with Crippen molar-refractivity contribution in [2.45, 2.75) is 38.8 Å². The number of anilines is 1. The van der Waals surface area contributed by atoms with Crippen molar-refractivity contribution < 1.29 is 9.90 Å². The third kappa shape index (κ3) is 3.20. The predicted molar refractivity (Wildman–Crippen MR) is 110 cm³/mol. The number of aryl methyl sites for hydroxylation is 3. The Morgan fingerprint density at radius 2 is 1.74 bits per heavy atom. The van der Waals surface area contributed by atoms with Crippen molar-refractivity contribution in [2.24, 2.45) is 0 Å². The molecule has 4 heteroatoms. The number of fused-ring (bicyclic) bond motifs is 1. The molecular weight excluding hydrogens is 354 g/mol. The van der Waals surface area contributed by atoms with Crippen LogP contribution in [0.4, 0.5) is 5.69 Å². The number of hydrogen-bond acceptors (Lipinski definition) is 3. The van der Waals surface area contributed by atoms with Gasteiger partial charge in [0, 0.05) is 15.3 Å². The zero-order valence-electron chi connectivity index (χ0n) is 15.6. The number of carbonyl (C=O) groups is 1. The molecule has 0 saturated heterocycles. The molecule has 0 saturated carbocycles. The van der Waals surface area contributed by atoms with Gasteiger partial charge in [0.2, 0.25) is 0 Å². The normalized spacial score (nSPS) is 18.8. The van der Waals surface area contributed by atoms with Crippen LogP contribution in [-0.4, -0.2) is 11.0 Å². The Bertz CT molecular complexity index is 993. The second-order valence-corrected chi connectivity index (χ2v) is 8.58. The van der Waals surface area contributed by atoms with Crippen LogP contribution >= 0.6 is 11.3 Å². The summed E-state index contributed by atoms with van der Waals surface area (Å²) < 4.78 is 0. The Morgan fingerprint density at radius 3 is 2.48 bits per heavy atom. The SMILES string of the molecule is Cc1ccc(CCC2(O)C(=O)N(Cc3ccccc3C)c3ccccc32)s1. The van der Waals surface area contributed by atoms with Gasteiger partial charge < -0.3 is 10.0 Å². The first-order valence-corrected chi connectivity index (χ1v) is 10.0. The Hall–Kier alpha value is -2.43. The number of hydrogen-bond donors (Lipinski definition) is 1. The summed E-state index contributed by atoms with van der Waals surface area (Å²) in [6.45, 7) is 4.60. The van der Waals surface area contributed by atoms with Crippen molar-refractivity contribution in [2.75, 3.05) is 4.90 Å². The second kappa shape index (κ2) is 6.95. The van der Waals surface area contributed by atoms with E-state index in [9.17, 15) is 9.90 Å². The summed E-state index contributed by atoms with van der Waals surface area (Å²) >= 11 is 1.72. The Balaban J connectivity index is 1.65. The smallest absolute Gasteiger partial charge is 0.264 e. The van der Waals surface area contributed by atoms with E-state index >= 15 is 0 Å². The Labute approximate surface area is 163 Å². The van der Waals surface area contributed by atoms with E-state index in [1.165, 1.54) is 9.75 Å². The highest BCUT2D eigenvalue weighted by molar-refractivity contribution is 7.11. The second-order valence-electron chi connectivity index (χ2n) is 7.21. The Morgan fingerprint density at radius 1 is 1.00 bits per heavy atom. The van der Waals surface area contributed by atoms with Gasteiger partial charge >= 0.3 is 0 Å². The first-order valence-electron chi connectivity index (χ1n) is 9.23. The highest BCUT2D eigenvalue weighted by atomic mass is 32.1. The van der Waals surface area contributed by atoms with Gasteiger partial charge in [-0.15, -0.1) is 11.3 Å². The highest BCUT2D eigenvalue weighted by Crippen LogP contribution is 2.43. The molecule has 0 aliphatic carbocycles. The number of benzene rings is 2. The summed E-state index contributed by atoms with van der Waals surface area (Å²) in [6, 6.07) is 19.9. The summed E-state index contributed by atoms with van der Waals surface area (Å²) in [4.78, 5) is 17.5. The average Bonchev–Trinajstić information content (AvgIpc) is 3.18. The molecule has 2 aromatic carbocycles. The minimum atomic E-state index is -1.46. The van der Waals surface area contributed by atoms with E-state index in [0.29, 0.717) is 19.4 Å². The van der Waals surface area contributed by atoms with Gasteiger partial charge in [0.1, 0.15) is 0 Å². The van der Waals surface area contributed by atoms with Crippen LogP contribution in [0.5, 0.6) is 0 Å². The summed E-state index contributed by atoms with van der Waals surface area (Å²) in [5, 5.41) is 11.4. The van der Waals surface area contributed by atoms with Gasteiger partial charge in [-0.1, -0.05) is 42.5 Å². The molecular formula is C23H23NO2S. The summed E-state index contributed by atoms with van der Waals surface area (Å²) in [7, 11) is 0. The van der Waals surface area contributed by atoms with Gasteiger partial charge in [-0.3, -0.25) is 4.79 Å². The van der Waals surface area contributed by atoms with Crippen molar-refractivity contribution in [1.29, 1.82) is 0 Å². The van der Waals surface area contributed by atoms with Crippen molar-refractivity contribution in [3.05, 3.63) is 87.1 Å². The van der Waals surface area contributed by atoms with Crippen LogP contribution in [0.3, 0.4) is 0 Å². The fraction of sp³-hybridized carbons (Fsp3) is 0.261. The standard InChI is InChI=1S/C23H23NO2S/c1-16-7-3-4-8-18(16)15-24-21-10-6-5-9-20(21)23(26,22(24)25)14-13-19-12-11-17(2)27-19/h3-12,26H,13-15H2,1-2H3. The molecule has 0 bridgehead atoms. The topological polar surface area (TPSA) is 40.5 Å². The van der Waals surface area contributed by atoms with Crippen molar-refractivity contribution in [1.82, 2.24) is 0 Å². The largest absolute Gasteiger partial charge is 0.375 e. The van der Waals surface area contributed by atoms with Gasteiger partial charge in [0.15, 0.2) is 5.60 Å². The summed E-state index contributed by atoms with van der Waals surface area (Å²) in [5.41, 5.74) is 2.32. The minimum absolute atomic E-state index is 0.222. The number of nitrogens with zero attached hydrogens (tertiary/aromatic N) is 1. The van der Waals surface area contributed by atoms with E-state index < -0.39 is 5.60 Å². The van der Waals surface area contributed by atoms with Crippen LogP contribution in [0.15, 0.2) is 60.7 Å². The highest BCUT2D eigenvalue weighted by Gasteiger charge is 2.49. The van der Waals surface area contributed by atoms with Crippen LogP contribution in [0, 0.1) is 13.8 Å². The fourth-order valence-corrected chi connectivity index (χ4v) is 4.68. The van der Waals surface area contributed by atoms with Gasteiger partial charge in [-0.25, -0.2) is 0 Å². The van der Waals surface area contributed by atoms with E-state index in [-0.39, 0.29) is 5.91 Å². The molecule has 3 nitrogen and oxygen atoms in total. The van der Waals surface area contributed by atoms with Crippen molar-refractivity contribution >= 4 is 22.9 Å². The third-order valence-electron chi connectivity index (χ3n) is 5.36. The minimum Gasteiger partial charge on any atom is -0.375 e. The van der Waals surface area contributed by atoms with Gasteiger partial charge in [0.25, 0.3) is 5.91 Å². The maximum Gasteiger partial charge on any atom is 0.264 e. The number of carbonyl (C=O) groups excluding carboxylic acids is 1. The van der Waals surface area contributed by atoms with Gasteiger partial charge in [0.05, 0.1) is 12.2 Å². The maximum atomic E-state index is 13.3. The first-order chi connectivity index (χ1) is 13.0. The van der Waals surface area contributed by atoms with E-state index in [4.69, 9.17) is 0 Å². The lowest BCUT2D eigenvalue weighted by Crippen LogP contribution is -2.40. The lowest BCUT2D eigenvalue weighted by atomic mass is 9.90. The summed E-state index contributed by atoms with van der Waals surface area (Å²) in [5.74, 6) is -0.222. The molecule has 1 atom stereocenters. The number of aliphatic hydroxyl groups is 1. The van der Waals surface area contributed by atoms with Crippen LogP contribution < -0.4 is 4.90 Å². The van der Waals surface area contributed by atoms with Gasteiger partial charge in [-0.05, 0) is 56.0 Å². The maximum absolute atomic E-state index is 13.3. The monoisotopic (exact) mass is 377 g/mol. The quantitative estimate of drug-likeness (QED) is 0.698. The number of rotatable bonds is 5. The van der Waals surface area contributed by atoms with E-state index in [2.05, 4.69) is 19.1 Å². The molecule has 27 heavy (non-hydrogen) atoms. The van der Waals surface area contributed by atoms with Crippen LogP contribution in [0.25, 0.3) is 0 Å². The average molecular weight is 378 g/mol. The third-order valence-corrected chi connectivity index (χ3v) is 6.42. The molecule has 1 unspecified atom stereocenters. The summed E-state index contributed by atoms with van der Waals surface area (Å²) in [6.07, 6.45) is 1.08. The van der Waals surface area contributed by atoms with E-state index in [1.807, 2.05) is 55.5 Å². The molecule has 1 N–H and O–H groups in total. The molecule has 1 aliphatic heterocycles. The molecule has 0 fully saturated rings. The lowest BCUT2D eigenvalue weighted by molar-refractivity contribution is -0.136. The van der Waals surface area contributed by atoms with Gasteiger partial charge in [-0.2, -0.15) is 0 Å². The van der Waals surface area contributed by atoms with Crippen LogP contribution in [0.2, 0.25) is 0 Å². The molecule has 0 spiro atoms. The molecule has 3 aromatic rings. The fourth-order valence-electron chi connectivity index (χ4n) is 3.79. The molecule has 0 radical (unpaired) electrons. The van der Waals surface area contributed by atoms with E-state index in [0.717, 1.165) is 22.4 Å². The molecule has 1 aliphatic rings. The zero-order chi connectivity index (χ0) is 19.0. The molecule has 138 valence electrons. The van der Waals surface area contributed by atoms with Crippen molar-refractivity contribution in [3.63, 3.8) is 0 Å². The lowest BCUT2D eigenvalue weighted by Gasteiger charge is -2.23. The van der Waals surface area contributed by atoms with Crippen LogP contribution in [0.1, 0.15) is 32.9 Å². The molecule has 1 amide bonds. The van der Waals surface area contributed by atoms with Crippen molar-refractivity contribution in [3.8, 4) is 0 Å². The van der Waals surface area contributed by atoms with Crippen LogP contribution in [-0.2, 0) is 23.4 Å². The molecule has 4 rings (SSSR count). The first kappa shape index (κ1) is 18.0. The zero-order valence-corrected chi connectivity index (χ0v) is 16.4. The number of para-hydroxylation sites is 1. The molecule has 1 aromatic heterocycles. The predicted octanol–water partition coefficient (Wildman–Crippen LogP) is 4.73. The number of amides is 1. The Kier molecular flexibility index (Phi) is 4.62. The van der Waals surface area contributed by atoms with E-state index in [1.54, 1.807) is 16.2 Å².